The van der Waals surface area contributed by atoms with Gasteiger partial charge in [0.1, 0.15) is 0 Å². The molecule has 2 aliphatic heterocycles. The Morgan fingerprint density at radius 3 is 2.51 bits per heavy atom. The van der Waals surface area contributed by atoms with Crippen LogP contribution in [0.25, 0.3) is 16.3 Å². The van der Waals surface area contributed by atoms with Gasteiger partial charge in [0, 0.05) is 30.4 Å². The molecule has 9 heteroatoms. The number of fused-ring (bicyclic) bond motifs is 1. The van der Waals surface area contributed by atoms with Gasteiger partial charge in [0.05, 0.1) is 21.6 Å². The summed E-state index contributed by atoms with van der Waals surface area (Å²) in [5.74, 6) is -0.216. The number of hydrazone groups is 1. The summed E-state index contributed by atoms with van der Waals surface area (Å²) in [5, 5.41) is 7.01. The van der Waals surface area contributed by atoms with Gasteiger partial charge in [-0.25, -0.2) is 9.99 Å². The summed E-state index contributed by atoms with van der Waals surface area (Å²) in [6.45, 7) is 1.94. The number of thiazole rings is 1. The number of benzene rings is 3. The number of nitrogens with zero attached hydrogens (tertiary/aromatic N) is 5. The topological polar surface area (TPSA) is 52.0 Å². The van der Waals surface area contributed by atoms with Crippen LogP contribution in [0.3, 0.4) is 0 Å². The van der Waals surface area contributed by atoms with Crippen LogP contribution < -0.4 is 14.8 Å². The molecule has 186 valence electrons. The number of hydrogen-bond donors (Lipinski definition) is 0. The minimum Gasteiger partial charge on any atom is -0.378 e. The zero-order valence-electron chi connectivity index (χ0n) is 20.4. The monoisotopic (exact) mass is 547 g/mol. The maximum absolute atomic E-state index is 13.5. The third kappa shape index (κ3) is 3.64. The molecule has 0 bridgehead atoms. The SMILES string of the molecule is CC1=NN(c2cccc(Cl)c2)C2(/C1=C/c1ccc(N(C)C)cc1)C(Cl)C(=O)N2c1nc2ccccc2s1. The molecule has 3 heterocycles. The molecule has 0 radical (unpaired) electrons. The van der Waals surface area contributed by atoms with Crippen LogP contribution in [0.4, 0.5) is 16.5 Å². The Kier molecular flexibility index (Phi) is 5.75. The van der Waals surface area contributed by atoms with Crippen molar-refractivity contribution < 1.29 is 4.79 Å². The van der Waals surface area contributed by atoms with E-state index in [9.17, 15) is 4.79 Å². The summed E-state index contributed by atoms with van der Waals surface area (Å²) in [6, 6.07) is 23.5. The lowest BCUT2D eigenvalue weighted by molar-refractivity contribution is -0.125. The number of rotatable bonds is 4. The molecule has 4 aromatic rings. The highest BCUT2D eigenvalue weighted by atomic mass is 35.5. The molecule has 0 aliphatic carbocycles. The smallest absolute Gasteiger partial charge is 0.254 e. The number of amides is 1. The predicted molar refractivity (Wildman–Crippen MR) is 155 cm³/mol. The number of para-hydroxylation sites is 1. The molecule has 2 atom stereocenters. The second kappa shape index (κ2) is 8.87. The number of aromatic nitrogens is 1. The average Bonchev–Trinajstić information content (AvgIpc) is 3.44. The maximum atomic E-state index is 13.5. The standard InChI is InChI=1S/C28H23Cl2N5OS/c1-17-22(15-18-11-13-20(14-12-18)33(2)3)28(35(32-17)21-8-6-7-19(29)16-21)25(30)26(36)34(28)27-31-23-9-4-5-10-24(23)37-27/h4-16,25H,1-3H3/b22-15+. The normalized spacial score (nSPS) is 22.2. The fraction of sp³-hybridized carbons (Fsp3) is 0.179. The number of anilines is 3. The third-order valence-electron chi connectivity index (χ3n) is 6.74. The van der Waals surface area contributed by atoms with Crippen LogP contribution in [0.5, 0.6) is 0 Å². The Morgan fingerprint density at radius 1 is 1.05 bits per heavy atom. The Labute approximate surface area is 229 Å². The Morgan fingerprint density at radius 2 is 1.81 bits per heavy atom. The third-order valence-corrected chi connectivity index (χ3v) is 8.49. The molecular formula is C28H23Cl2N5OS. The largest absolute Gasteiger partial charge is 0.378 e. The summed E-state index contributed by atoms with van der Waals surface area (Å²) >= 11 is 14.8. The number of hydrogen-bond acceptors (Lipinski definition) is 6. The molecule has 6 nitrogen and oxygen atoms in total. The van der Waals surface area contributed by atoms with Gasteiger partial charge in [-0.1, -0.05) is 53.3 Å². The number of alkyl halides is 1. The summed E-state index contributed by atoms with van der Waals surface area (Å²) < 4.78 is 0.994. The van der Waals surface area contributed by atoms with Gasteiger partial charge in [-0.05, 0) is 61.0 Å². The lowest BCUT2D eigenvalue weighted by atomic mass is 9.82. The molecule has 1 spiro atoms. The van der Waals surface area contributed by atoms with Crippen LogP contribution in [0.15, 0.2) is 83.5 Å². The van der Waals surface area contributed by atoms with Crippen molar-refractivity contribution in [1.82, 2.24) is 4.98 Å². The van der Waals surface area contributed by atoms with Crippen molar-refractivity contribution in [2.75, 3.05) is 28.9 Å². The van der Waals surface area contributed by atoms with Crippen LogP contribution in [0, 0.1) is 0 Å². The van der Waals surface area contributed by atoms with Crippen molar-refractivity contribution in [2.45, 2.75) is 18.0 Å². The molecule has 1 amide bonds. The molecule has 1 fully saturated rings. The maximum Gasteiger partial charge on any atom is 0.254 e. The van der Waals surface area contributed by atoms with Crippen molar-refractivity contribution in [3.05, 3.63) is 89.0 Å². The number of halogens is 2. The van der Waals surface area contributed by atoms with Crippen molar-refractivity contribution in [2.24, 2.45) is 5.10 Å². The lowest BCUT2D eigenvalue weighted by Crippen LogP contribution is -2.79. The fourth-order valence-corrected chi connectivity index (χ4v) is 6.54. The van der Waals surface area contributed by atoms with E-state index in [1.165, 1.54) is 11.3 Å². The molecule has 1 aromatic heterocycles. The molecule has 37 heavy (non-hydrogen) atoms. The lowest BCUT2D eigenvalue weighted by Gasteiger charge is -2.55. The molecule has 1 saturated heterocycles. The average molecular weight is 548 g/mol. The second-order valence-corrected chi connectivity index (χ2v) is 11.1. The van der Waals surface area contributed by atoms with Gasteiger partial charge in [0.15, 0.2) is 16.2 Å². The fourth-order valence-electron chi connectivity index (χ4n) is 4.92. The van der Waals surface area contributed by atoms with E-state index in [0.717, 1.165) is 38.4 Å². The van der Waals surface area contributed by atoms with E-state index in [4.69, 9.17) is 33.3 Å². The number of carbonyl (C=O) groups excluding carboxylic acids is 1. The van der Waals surface area contributed by atoms with Crippen LogP contribution in [0.1, 0.15) is 12.5 Å². The predicted octanol–water partition coefficient (Wildman–Crippen LogP) is 6.65. The van der Waals surface area contributed by atoms with E-state index >= 15 is 0 Å². The van der Waals surface area contributed by atoms with Crippen LogP contribution in [-0.4, -0.2) is 41.7 Å². The summed E-state index contributed by atoms with van der Waals surface area (Å²) in [6.07, 6.45) is 2.06. The van der Waals surface area contributed by atoms with Gasteiger partial charge >= 0.3 is 0 Å². The Hall–Kier alpha value is -3.39. The van der Waals surface area contributed by atoms with Crippen molar-refractivity contribution in [1.29, 1.82) is 0 Å². The van der Waals surface area contributed by atoms with Crippen LogP contribution in [0.2, 0.25) is 5.02 Å². The molecule has 6 rings (SSSR count). The zero-order valence-corrected chi connectivity index (χ0v) is 22.7. The van der Waals surface area contributed by atoms with E-state index in [-0.39, 0.29) is 5.91 Å². The Bertz CT molecular complexity index is 1560. The van der Waals surface area contributed by atoms with Crippen molar-refractivity contribution in [3.8, 4) is 0 Å². The van der Waals surface area contributed by atoms with Gasteiger partial charge in [0.2, 0.25) is 0 Å². The van der Waals surface area contributed by atoms with Gasteiger partial charge in [-0.15, -0.1) is 11.6 Å². The van der Waals surface area contributed by atoms with E-state index in [1.54, 1.807) is 4.90 Å². The molecule has 0 N–H and O–H groups in total. The first kappa shape index (κ1) is 24.0. The first-order valence-electron chi connectivity index (χ1n) is 11.8. The highest BCUT2D eigenvalue weighted by molar-refractivity contribution is 7.22. The molecule has 2 aliphatic rings. The Balaban J connectivity index is 1.55. The van der Waals surface area contributed by atoms with Gasteiger partial charge in [-0.2, -0.15) is 5.10 Å². The molecule has 2 unspecified atom stereocenters. The van der Waals surface area contributed by atoms with E-state index in [1.807, 2.05) is 74.6 Å². The molecule has 0 saturated carbocycles. The van der Waals surface area contributed by atoms with E-state index < -0.39 is 11.0 Å². The highest BCUT2D eigenvalue weighted by Crippen LogP contribution is 2.54. The molecular weight excluding hydrogens is 525 g/mol. The van der Waals surface area contributed by atoms with Gasteiger partial charge in [-0.3, -0.25) is 9.69 Å². The first-order valence-corrected chi connectivity index (χ1v) is 13.4. The summed E-state index contributed by atoms with van der Waals surface area (Å²) in [5.41, 5.74) is 4.15. The van der Waals surface area contributed by atoms with Crippen molar-refractivity contribution in [3.63, 3.8) is 0 Å². The number of β-lactam (4-membered cyclic amide) rings is 1. The van der Waals surface area contributed by atoms with Gasteiger partial charge < -0.3 is 4.90 Å². The van der Waals surface area contributed by atoms with E-state index in [0.29, 0.717) is 10.2 Å². The zero-order chi connectivity index (χ0) is 25.9. The quantitative estimate of drug-likeness (QED) is 0.212. The van der Waals surface area contributed by atoms with Crippen LogP contribution >= 0.6 is 34.5 Å². The number of carbonyl (C=O) groups is 1. The van der Waals surface area contributed by atoms with E-state index in [2.05, 4.69) is 35.2 Å². The minimum atomic E-state index is -1.10. The first-order chi connectivity index (χ1) is 17.8. The van der Waals surface area contributed by atoms with Crippen molar-refractivity contribution >= 4 is 79.0 Å². The molecule has 3 aromatic carbocycles. The minimum absolute atomic E-state index is 0.216. The second-order valence-electron chi connectivity index (χ2n) is 9.25. The summed E-state index contributed by atoms with van der Waals surface area (Å²) in [4.78, 5) is 22.0. The summed E-state index contributed by atoms with van der Waals surface area (Å²) in [7, 11) is 4.01. The van der Waals surface area contributed by atoms with Gasteiger partial charge in [0.25, 0.3) is 5.91 Å². The van der Waals surface area contributed by atoms with Crippen LogP contribution in [-0.2, 0) is 4.79 Å². The highest BCUT2D eigenvalue weighted by Gasteiger charge is 2.69.